The van der Waals surface area contributed by atoms with Crippen LogP contribution in [0.25, 0.3) is 0 Å². The van der Waals surface area contributed by atoms with E-state index in [9.17, 15) is 4.79 Å². The van der Waals surface area contributed by atoms with Crippen molar-refractivity contribution < 1.29 is 14.3 Å². The molecule has 0 radical (unpaired) electrons. The molecule has 5 nitrogen and oxygen atoms in total. The molecule has 0 bridgehead atoms. The Labute approximate surface area is 131 Å². The quantitative estimate of drug-likeness (QED) is 0.777. The van der Waals surface area contributed by atoms with Crippen molar-refractivity contribution in [1.82, 2.24) is 10.6 Å². The van der Waals surface area contributed by atoms with Gasteiger partial charge in [-0.05, 0) is 25.5 Å². The van der Waals surface area contributed by atoms with E-state index in [0.717, 1.165) is 18.7 Å². The van der Waals surface area contributed by atoms with Crippen LogP contribution in [-0.4, -0.2) is 44.9 Å². The maximum Gasteiger partial charge on any atom is 0.239 e. The first-order valence-corrected chi connectivity index (χ1v) is 7.04. The predicted octanol–water partition coefficient (Wildman–Crippen LogP) is 1.29. The smallest absolute Gasteiger partial charge is 0.239 e. The van der Waals surface area contributed by atoms with Crippen molar-refractivity contribution in [3.05, 3.63) is 29.8 Å². The van der Waals surface area contributed by atoms with E-state index in [1.54, 1.807) is 0 Å². The summed E-state index contributed by atoms with van der Waals surface area (Å²) in [6.45, 7) is 5.11. The zero-order valence-corrected chi connectivity index (χ0v) is 13.1. The Hall–Kier alpha value is -1.30. The summed E-state index contributed by atoms with van der Waals surface area (Å²) in [5.74, 6) is 0.865. The van der Waals surface area contributed by atoms with E-state index >= 15 is 0 Å². The fourth-order valence-electron chi connectivity index (χ4n) is 1.97. The summed E-state index contributed by atoms with van der Waals surface area (Å²) in [5, 5.41) is 6.01. The average molecular weight is 315 g/mol. The van der Waals surface area contributed by atoms with Crippen LogP contribution in [0.1, 0.15) is 12.0 Å². The lowest BCUT2D eigenvalue weighted by atomic mass is 10.2. The van der Waals surface area contributed by atoms with E-state index in [1.807, 2.05) is 31.2 Å². The molecule has 1 heterocycles. The fraction of sp³-hybridized carbons (Fsp3) is 0.533. The summed E-state index contributed by atoms with van der Waals surface area (Å²) in [5.41, 5.74) is 1.21. The summed E-state index contributed by atoms with van der Waals surface area (Å²) in [6.07, 6.45) is 0.785. The average Bonchev–Trinajstić information content (AvgIpc) is 2.49. The van der Waals surface area contributed by atoms with E-state index in [0.29, 0.717) is 26.4 Å². The lowest BCUT2D eigenvalue weighted by Crippen LogP contribution is -2.51. The van der Waals surface area contributed by atoms with E-state index in [4.69, 9.17) is 9.47 Å². The van der Waals surface area contributed by atoms with E-state index in [1.165, 1.54) is 5.56 Å². The number of ether oxygens (including phenoxy) is 2. The molecule has 21 heavy (non-hydrogen) atoms. The van der Waals surface area contributed by atoms with Crippen LogP contribution in [0.2, 0.25) is 0 Å². The molecule has 1 atom stereocenters. The standard InChI is InChI=1S/C15H22N2O3.ClH/c1-12-3-5-13(6-4-12)20-9-2-7-17-15(18)14-11-19-10-8-16-14;/h3-6,14,16H,2,7-11H2,1H3,(H,17,18);1H. The van der Waals surface area contributed by atoms with Gasteiger partial charge in [0.05, 0.1) is 19.8 Å². The number of amides is 1. The molecular weight excluding hydrogens is 292 g/mol. The lowest BCUT2D eigenvalue weighted by Gasteiger charge is -2.22. The Morgan fingerprint density at radius 2 is 2.19 bits per heavy atom. The zero-order chi connectivity index (χ0) is 14.2. The molecule has 2 rings (SSSR count). The topological polar surface area (TPSA) is 59.6 Å². The molecule has 6 heteroatoms. The number of morpholine rings is 1. The van der Waals surface area contributed by atoms with Crippen molar-refractivity contribution in [1.29, 1.82) is 0 Å². The molecule has 1 amide bonds. The first-order chi connectivity index (χ1) is 9.75. The summed E-state index contributed by atoms with van der Waals surface area (Å²) in [4.78, 5) is 11.8. The molecule has 0 spiro atoms. The minimum atomic E-state index is -0.221. The first kappa shape index (κ1) is 17.8. The molecule has 0 aliphatic carbocycles. The highest BCUT2D eigenvalue weighted by Gasteiger charge is 2.20. The van der Waals surface area contributed by atoms with Crippen LogP contribution in [0.3, 0.4) is 0 Å². The Morgan fingerprint density at radius 3 is 2.86 bits per heavy atom. The minimum Gasteiger partial charge on any atom is -0.494 e. The number of aryl methyl sites for hydroxylation is 1. The molecule has 118 valence electrons. The molecule has 1 aliphatic heterocycles. The largest absolute Gasteiger partial charge is 0.494 e. The highest BCUT2D eigenvalue weighted by atomic mass is 35.5. The van der Waals surface area contributed by atoms with Crippen LogP contribution in [0.5, 0.6) is 5.75 Å². The van der Waals surface area contributed by atoms with Gasteiger partial charge in [-0.15, -0.1) is 12.4 Å². The van der Waals surface area contributed by atoms with E-state index in [-0.39, 0.29) is 24.4 Å². The summed E-state index contributed by atoms with van der Waals surface area (Å²) < 4.78 is 10.8. The molecule has 1 saturated heterocycles. The van der Waals surface area contributed by atoms with Crippen molar-refractivity contribution >= 4 is 18.3 Å². The highest BCUT2D eigenvalue weighted by molar-refractivity contribution is 5.85. The number of rotatable bonds is 6. The number of halogens is 1. The van der Waals surface area contributed by atoms with E-state index < -0.39 is 0 Å². The van der Waals surface area contributed by atoms with Gasteiger partial charge in [0.2, 0.25) is 5.91 Å². The maximum absolute atomic E-state index is 11.8. The Kier molecular flexibility index (Phi) is 8.12. The second kappa shape index (κ2) is 9.60. The Morgan fingerprint density at radius 1 is 1.43 bits per heavy atom. The van der Waals surface area contributed by atoms with Gasteiger partial charge in [0.1, 0.15) is 11.8 Å². The van der Waals surface area contributed by atoms with Crippen molar-refractivity contribution in [2.45, 2.75) is 19.4 Å². The number of carbonyl (C=O) groups excluding carboxylic acids is 1. The molecule has 1 fully saturated rings. The van der Waals surface area contributed by atoms with Crippen molar-refractivity contribution in [2.75, 3.05) is 32.9 Å². The normalized spacial score (nSPS) is 17.7. The van der Waals surface area contributed by atoms with Crippen LogP contribution in [0.4, 0.5) is 0 Å². The molecule has 0 aromatic heterocycles. The second-order valence-electron chi connectivity index (χ2n) is 4.89. The third-order valence-corrected chi connectivity index (χ3v) is 3.15. The summed E-state index contributed by atoms with van der Waals surface area (Å²) >= 11 is 0. The third kappa shape index (κ3) is 6.33. The molecule has 1 aliphatic rings. The van der Waals surface area contributed by atoms with Gasteiger partial charge in [-0.1, -0.05) is 17.7 Å². The Bertz CT molecular complexity index is 419. The summed E-state index contributed by atoms with van der Waals surface area (Å²) in [7, 11) is 0. The number of benzene rings is 1. The van der Waals surface area contributed by atoms with E-state index in [2.05, 4.69) is 10.6 Å². The number of carbonyl (C=O) groups is 1. The molecule has 1 aromatic carbocycles. The molecular formula is C15H23ClN2O3. The first-order valence-electron chi connectivity index (χ1n) is 7.04. The maximum atomic E-state index is 11.8. The monoisotopic (exact) mass is 314 g/mol. The molecule has 0 saturated carbocycles. The highest BCUT2D eigenvalue weighted by Crippen LogP contribution is 2.11. The van der Waals surface area contributed by atoms with Crippen LogP contribution in [0.15, 0.2) is 24.3 Å². The SMILES string of the molecule is Cc1ccc(OCCCNC(=O)C2COCCN2)cc1.Cl. The number of hydrogen-bond donors (Lipinski definition) is 2. The molecule has 2 N–H and O–H groups in total. The zero-order valence-electron chi connectivity index (χ0n) is 12.3. The van der Waals surface area contributed by atoms with Crippen LogP contribution < -0.4 is 15.4 Å². The van der Waals surface area contributed by atoms with Gasteiger partial charge in [0.15, 0.2) is 0 Å². The van der Waals surface area contributed by atoms with Gasteiger partial charge in [-0.3, -0.25) is 4.79 Å². The van der Waals surface area contributed by atoms with Crippen molar-refractivity contribution in [3.8, 4) is 5.75 Å². The third-order valence-electron chi connectivity index (χ3n) is 3.15. The van der Waals surface area contributed by atoms with Crippen LogP contribution >= 0.6 is 12.4 Å². The summed E-state index contributed by atoms with van der Waals surface area (Å²) in [6, 6.07) is 7.73. The van der Waals surface area contributed by atoms with Gasteiger partial charge < -0.3 is 20.1 Å². The van der Waals surface area contributed by atoms with Gasteiger partial charge in [0.25, 0.3) is 0 Å². The number of hydrogen-bond acceptors (Lipinski definition) is 4. The molecule has 1 unspecified atom stereocenters. The minimum absolute atomic E-state index is 0. The molecule has 1 aromatic rings. The number of nitrogens with one attached hydrogen (secondary N) is 2. The fourth-order valence-corrected chi connectivity index (χ4v) is 1.97. The van der Waals surface area contributed by atoms with Crippen LogP contribution in [0, 0.1) is 6.92 Å². The van der Waals surface area contributed by atoms with Gasteiger partial charge in [-0.2, -0.15) is 0 Å². The van der Waals surface area contributed by atoms with Gasteiger partial charge in [-0.25, -0.2) is 0 Å². The van der Waals surface area contributed by atoms with Crippen molar-refractivity contribution in [3.63, 3.8) is 0 Å². The predicted molar refractivity (Wildman–Crippen MR) is 84.2 cm³/mol. The van der Waals surface area contributed by atoms with Gasteiger partial charge in [0, 0.05) is 13.1 Å². The second-order valence-corrected chi connectivity index (χ2v) is 4.89. The lowest BCUT2D eigenvalue weighted by molar-refractivity contribution is -0.125. The van der Waals surface area contributed by atoms with Crippen molar-refractivity contribution in [2.24, 2.45) is 0 Å². The van der Waals surface area contributed by atoms with Gasteiger partial charge >= 0.3 is 0 Å². The van der Waals surface area contributed by atoms with Crippen LogP contribution in [-0.2, 0) is 9.53 Å². The Balaban J connectivity index is 0.00000220.